The minimum atomic E-state index is -0.979. The number of nitrogens with one attached hydrogen (secondary N) is 1. The quantitative estimate of drug-likeness (QED) is 0.543. The molecule has 0 spiro atoms. The van der Waals surface area contributed by atoms with Gasteiger partial charge in [0.25, 0.3) is 5.91 Å². The van der Waals surface area contributed by atoms with Crippen molar-refractivity contribution in [2.24, 2.45) is 5.10 Å². The monoisotopic (exact) mass is 348 g/mol. The Labute approximate surface area is 149 Å². The molecule has 3 aromatic rings. The second-order valence-electron chi connectivity index (χ2n) is 5.60. The van der Waals surface area contributed by atoms with Gasteiger partial charge in [0.1, 0.15) is 11.5 Å². The molecule has 2 aromatic carbocycles. The summed E-state index contributed by atoms with van der Waals surface area (Å²) < 4.78 is 5.63. The van der Waals surface area contributed by atoms with Crippen LogP contribution in [0.1, 0.15) is 32.0 Å². The minimum Gasteiger partial charge on any atom is -0.478 e. The van der Waals surface area contributed by atoms with Crippen LogP contribution >= 0.6 is 0 Å². The molecule has 0 bridgehead atoms. The molecule has 6 nitrogen and oxygen atoms in total. The van der Waals surface area contributed by atoms with Gasteiger partial charge in [-0.1, -0.05) is 30.3 Å². The Hall–Kier alpha value is -3.67. The SMILES string of the molecule is Cc1ccccc1C(=O)N/N=C/c1ccc(-c2ccc(C(=O)O)cc2)o1. The average Bonchev–Trinajstić information content (AvgIpc) is 3.11. The largest absolute Gasteiger partial charge is 0.478 e. The van der Waals surface area contributed by atoms with Gasteiger partial charge in [0, 0.05) is 11.1 Å². The van der Waals surface area contributed by atoms with Gasteiger partial charge in [-0.15, -0.1) is 0 Å². The summed E-state index contributed by atoms with van der Waals surface area (Å²) in [4.78, 5) is 22.9. The van der Waals surface area contributed by atoms with Crippen LogP contribution in [0.3, 0.4) is 0 Å². The first kappa shape index (κ1) is 17.2. The Balaban J connectivity index is 1.66. The first-order valence-electron chi connectivity index (χ1n) is 7.87. The van der Waals surface area contributed by atoms with E-state index in [9.17, 15) is 9.59 Å². The van der Waals surface area contributed by atoms with E-state index in [-0.39, 0.29) is 11.5 Å². The predicted molar refractivity (Wildman–Crippen MR) is 97.3 cm³/mol. The van der Waals surface area contributed by atoms with Crippen molar-refractivity contribution in [1.29, 1.82) is 0 Å². The van der Waals surface area contributed by atoms with Gasteiger partial charge in [-0.05, 0) is 42.8 Å². The molecule has 0 aliphatic carbocycles. The van der Waals surface area contributed by atoms with Gasteiger partial charge in [0.05, 0.1) is 11.8 Å². The summed E-state index contributed by atoms with van der Waals surface area (Å²) in [6.07, 6.45) is 1.41. The number of carboxylic acid groups (broad SMARTS) is 1. The first-order chi connectivity index (χ1) is 12.5. The Kier molecular flexibility index (Phi) is 4.94. The fraction of sp³-hybridized carbons (Fsp3) is 0.0500. The minimum absolute atomic E-state index is 0.209. The van der Waals surface area contributed by atoms with Crippen molar-refractivity contribution >= 4 is 18.1 Å². The zero-order valence-corrected chi connectivity index (χ0v) is 14.0. The van der Waals surface area contributed by atoms with Gasteiger partial charge in [-0.2, -0.15) is 5.10 Å². The Morgan fingerprint density at radius 1 is 1.04 bits per heavy atom. The van der Waals surface area contributed by atoms with Crippen molar-refractivity contribution in [2.75, 3.05) is 0 Å². The molecule has 2 N–H and O–H groups in total. The van der Waals surface area contributed by atoms with Gasteiger partial charge in [-0.3, -0.25) is 4.79 Å². The van der Waals surface area contributed by atoms with E-state index in [1.54, 1.807) is 36.4 Å². The summed E-state index contributed by atoms with van der Waals surface area (Å²) in [6, 6.07) is 17.1. The average molecular weight is 348 g/mol. The summed E-state index contributed by atoms with van der Waals surface area (Å²) in [5.74, 6) is -0.232. The highest BCUT2D eigenvalue weighted by molar-refractivity contribution is 5.96. The van der Waals surface area contributed by atoms with Crippen LogP contribution in [0.2, 0.25) is 0 Å². The van der Waals surface area contributed by atoms with Crippen molar-refractivity contribution in [1.82, 2.24) is 5.43 Å². The van der Waals surface area contributed by atoms with Gasteiger partial charge in [-0.25, -0.2) is 10.2 Å². The lowest BCUT2D eigenvalue weighted by Gasteiger charge is -2.02. The molecule has 0 unspecified atom stereocenters. The number of hydrogen-bond acceptors (Lipinski definition) is 4. The van der Waals surface area contributed by atoms with Gasteiger partial charge in [0.15, 0.2) is 0 Å². The van der Waals surface area contributed by atoms with Crippen LogP contribution < -0.4 is 5.43 Å². The fourth-order valence-electron chi connectivity index (χ4n) is 2.40. The number of aromatic carboxylic acids is 1. The topological polar surface area (TPSA) is 91.9 Å². The summed E-state index contributed by atoms with van der Waals surface area (Å²) in [6.45, 7) is 1.85. The smallest absolute Gasteiger partial charge is 0.335 e. The summed E-state index contributed by atoms with van der Waals surface area (Å²) in [5.41, 5.74) is 4.85. The fourth-order valence-corrected chi connectivity index (χ4v) is 2.40. The normalized spacial score (nSPS) is 10.8. The third kappa shape index (κ3) is 3.87. The second-order valence-corrected chi connectivity index (χ2v) is 5.60. The second kappa shape index (κ2) is 7.48. The van der Waals surface area contributed by atoms with Crippen LogP contribution in [0.5, 0.6) is 0 Å². The molecule has 0 atom stereocenters. The van der Waals surface area contributed by atoms with E-state index in [2.05, 4.69) is 10.5 Å². The number of carboxylic acids is 1. The number of furan rings is 1. The van der Waals surface area contributed by atoms with E-state index < -0.39 is 5.97 Å². The molecule has 1 heterocycles. The van der Waals surface area contributed by atoms with Gasteiger partial charge < -0.3 is 9.52 Å². The molecule has 0 saturated heterocycles. The third-order valence-electron chi connectivity index (χ3n) is 3.79. The molecule has 1 amide bonds. The lowest BCUT2D eigenvalue weighted by Crippen LogP contribution is -2.18. The van der Waals surface area contributed by atoms with Crippen molar-refractivity contribution < 1.29 is 19.1 Å². The standard InChI is InChI=1S/C20H16N2O4/c1-13-4-2-3-5-17(13)19(23)22-21-12-16-10-11-18(26-16)14-6-8-15(9-7-14)20(24)25/h2-12H,1H3,(H,22,23)(H,24,25)/b21-12+. The number of hydrazone groups is 1. The number of benzene rings is 2. The molecule has 26 heavy (non-hydrogen) atoms. The molecule has 3 rings (SSSR count). The highest BCUT2D eigenvalue weighted by Crippen LogP contribution is 2.22. The summed E-state index contributed by atoms with van der Waals surface area (Å²) in [5, 5.41) is 12.8. The maximum Gasteiger partial charge on any atom is 0.335 e. The van der Waals surface area contributed by atoms with Crippen molar-refractivity contribution in [3.63, 3.8) is 0 Å². The van der Waals surface area contributed by atoms with Crippen molar-refractivity contribution in [3.8, 4) is 11.3 Å². The molecule has 0 aliphatic heterocycles. The zero-order chi connectivity index (χ0) is 18.5. The Bertz CT molecular complexity index is 971. The molecule has 6 heteroatoms. The van der Waals surface area contributed by atoms with E-state index in [1.165, 1.54) is 18.3 Å². The van der Waals surface area contributed by atoms with E-state index in [0.29, 0.717) is 17.1 Å². The highest BCUT2D eigenvalue weighted by Gasteiger charge is 2.08. The van der Waals surface area contributed by atoms with Crippen LogP contribution in [-0.2, 0) is 0 Å². The number of carbonyl (C=O) groups is 2. The number of aryl methyl sites for hydroxylation is 1. The lowest BCUT2D eigenvalue weighted by molar-refractivity contribution is 0.0696. The van der Waals surface area contributed by atoms with Crippen molar-refractivity contribution in [3.05, 3.63) is 83.1 Å². The maximum absolute atomic E-state index is 12.1. The van der Waals surface area contributed by atoms with Gasteiger partial charge >= 0.3 is 5.97 Å². The molecule has 130 valence electrons. The molecule has 0 radical (unpaired) electrons. The molecular formula is C20H16N2O4. The molecule has 0 fully saturated rings. The Morgan fingerprint density at radius 3 is 2.46 bits per heavy atom. The molecule has 0 aliphatic rings. The number of rotatable bonds is 5. The summed E-state index contributed by atoms with van der Waals surface area (Å²) >= 11 is 0. The van der Waals surface area contributed by atoms with E-state index in [0.717, 1.165) is 11.1 Å². The van der Waals surface area contributed by atoms with Crippen LogP contribution in [0.15, 0.2) is 70.2 Å². The molecule has 0 saturated carbocycles. The number of carbonyl (C=O) groups excluding carboxylic acids is 1. The van der Waals surface area contributed by atoms with Crippen LogP contribution in [0.4, 0.5) is 0 Å². The van der Waals surface area contributed by atoms with Crippen LogP contribution in [0, 0.1) is 6.92 Å². The zero-order valence-electron chi connectivity index (χ0n) is 14.0. The molecular weight excluding hydrogens is 332 g/mol. The van der Waals surface area contributed by atoms with E-state index in [1.807, 2.05) is 19.1 Å². The highest BCUT2D eigenvalue weighted by atomic mass is 16.4. The predicted octanol–water partition coefficient (Wildman–Crippen LogP) is 3.72. The number of hydrogen-bond donors (Lipinski definition) is 2. The van der Waals surface area contributed by atoms with Crippen molar-refractivity contribution in [2.45, 2.75) is 6.92 Å². The lowest BCUT2D eigenvalue weighted by atomic mass is 10.1. The summed E-state index contributed by atoms with van der Waals surface area (Å²) in [7, 11) is 0. The number of amides is 1. The van der Waals surface area contributed by atoms with Crippen LogP contribution in [-0.4, -0.2) is 23.2 Å². The van der Waals surface area contributed by atoms with E-state index >= 15 is 0 Å². The molecule has 1 aromatic heterocycles. The van der Waals surface area contributed by atoms with E-state index in [4.69, 9.17) is 9.52 Å². The van der Waals surface area contributed by atoms with Crippen LogP contribution in [0.25, 0.3) is 11.3 Å². The van der Waals surface area contributed by atoms with Gasteiger partial charge in [0.2, 0.25) is 0 Å². The number of nitrogens with zero attached hydrogens (tertiary/aromatic N) is 1. The maximum atomic E-state index is 12.1. The third-order valence-corrected chi connectivity index (χ3v) is 3.79. The first-order valence-corrected chi connectivity index (χ1v) is 7.87. The Morgan fingerprint density at radius 2 is 1.77 bits per heavy atom.